The Morgan fingerprint density at radius 3 is 3.29 bits per heavy atom. The fraction of sp³-hybridized carbons (Fsp3) is 0.333. The van der Waals surface area contributed by atoms with E-state index in [2.05, 4.69) is 15.0 Å². The van der Waals surface area contributed by atoms with Gasteiger partial charge in [0, 0.05) is 13.0 Å². The molecule has 0 aliphatic carbocycles. The summed E-state index contributed by atoms with van der Waals surface area (Å²) < 4.78 is 1.70. The van der Waals surface area contributed by atoms with Crippen molar-refractivity contribution in [3.05, 3.63) is 28.7 Å². The van der Waals surface area contributed by atoms with Gasteiger partial charge in [-0.25, -0.2) is 15.0 Å². The predicted molar refractivity (Wildman–Crippen MR) is 49.9 cm³/mol. The Morgan fingerprint density at radius 1 is 1.43 bits per heavy atom. The third-order valence-corrected chi connectivity index (χ3v) is 2.48. The summed E-state index contributed by atoms with van der Waals surface area (Å²) in [6.07, 6.45) is 4.84. The monoisotopic (exact) mass is 188 g/mol. The number of nitrogens with zero attached hydrogens (tertiary/aromatic N) is 4. The lowest BCUT2D eigenvalue weighted by atomic mass is 10.3. The van der Waals surface area contributed by atoms with E-state index in [-0.39, 0.29) is 5.56 Å². The molecule has 3 heterocycles. The van der Waals surface area contributed by atoms with Crippen molar-refractivity contribution in [1.82, 2.24) is 19.5 Å². The lowest BCUT2D eigenvalue weighted by Crippen LogP contribution is -2.21. The van der Waals surface area contributed by atoms with E-state index < -0.39 is 0 Å². The third-order valence-electron chi connectivity index (χ3n) is 2.48. The molecule has 0 N–H and O–H groups in total. The Hall–Kier alpha value is -1.78. The zero-order chi connectivity index (χ0) is 9.54. The van der Waals surface area contributed by atoms with Gasteiger partial charge in [-0.05, 0) is 6.42 Å². The summed E-state index contributed by atoms with van der Waals surface area (Å²) >= 11 is 0. The molecule has 14 heavy (non-hydrogen) atoms. The number of rotatable bonds is 0. The highest BCUT2D eigenvalue weighted by molar-refractivity contribution is 5.71. The SMILES string of the molecule is O=c1c2ncncc2nc2n1CCC2. The molecule has 0 amide bonds. The minimum atomic E-state index is -0.0371. The molecule has 3 rings (SSSR count). The molecule has 2 aromatic heterocycles. The van der Waals surface area contributed by atoms with Crippen molar-refractivity contribution in [3.8, 4) is 0 Å². The molecule has 0 unspecified atom stereocenters. The molecule has 5 nitrogen and oxygen atoms in total. The zero-order valence-corrected chi connectivity index (χ0v) is 7.47. The highest BCUT2D eigenvalue weighted by Gasteiger charge is 2.16. The Kier molecular flexibility index (Phi) is 1.41. The molecule has 0 bridgehead atoms. The Balaban J connectivity index is 2.50. The Labute approximate surface area is 79.5 Å². The van der Waals surface area contributed by atoms with E-state index in [4.69, 9.17) is 0 Å². The minimum Gasteiger partial charge on any atom is -0.295 e. The molecule has 1 aliphatic rings. The van der Waals surface area contributed by atoms with Crippen LogP contribution in [0.2, 0.25) is 0 Å². The van der Waals surface area contributed by atoms with Crippen molar-refractivity contribution < 1.29 is 0 Å². The van der Waals surface area contributed by atoms with E-state index in [1.807, 2.05) is 0 Å². The molecular formula is C9H8N4O. The first-order chi connectivity index (χ1) is 6.86. The van der Waals surface area contributed by atoms with Crippen LogP contribution in [-0.4, -0.2) is 19.5 Å². The zero-order valence-electron chi connectivity index (χ0n) is 7.47. The second kappa shape index (κ2) is 2.60. The molecule has 0 fully saturated rings. The number of aromatic nitrogens is 4. The maximum Gasteiger partial charge on any atom is 0.280 e. The molecule has 2 aromatic rings. The van der Waals surface area contributed by atoms with Crippen molar-refractivity contribution in [1.29, 1.82) is 0 Å². The normalized spacial score (nSPS) is 14.6. The number of hydrogen-bond donors (Lipinski definition) is 0. The maximum atomic E-state index is 11.9. The molecule has 1 aliphatic heterocycles. The van der Waals surface area contributed by atoms with Gasteiger partial charge in [-0.3, -0.25) is 9.36 Å². The first-order valence-corrected chi connectivity index (χ1v) is 4.56. The van der Waals surface area contributed by atoms with Gasteiger partial charge >= 0.3 is 0 Å². The van der Waals surface area contributed by atoms with E-state index in [1.54, 1.807) is 10.8 Å². The standard InChI is InChI=1S/C9H8N4O/c14-9-8-6(4-10-5-11-8)12-7-2-1-3-13(7)9/h4-5H,1-3H2. The highest BCUT2D eigenvalue weighted by Crippen LogP contribution is 2.11. The maximum absolute atomic E-state index is 11.9. The van der Waals surface area contributed by atoms with Crippen molar-refractivity contribution in [3.63, 3.8) is 0 Å². The van der Waals surface area contributed by atoms with Gasteiger partial charge in [-0.2, -0.15) is 0 Å². The van der Waals surface area contributed by atoms with Crippen LogP contribution in [0.1, 0.15) is 12.2 Å². The van der Waals surface area contributed by atoms with Crippen molar-refractivity contribution >= 4 is 11.0 Å². The quantitative estimate of drug-likeness (QED) is 0.589. The molecule has 0 saturated carbocycles. The summed E-state index contributed by atoms with van der Waals surface area (Å²) in [5.41, 5.74) is 0.987. The Morgan fingerprint density at radius 2 is 2.36 bits per heavy atom. The molecule has 0 saturated heterocycles. The molecule has 0 aromatic carbocycles. The van der Waals surface area contributed by atoms with E-state index in [0.717, 1.165) is 25.2 Å². The van der Waals surface area contributed by atoms with Gasteiger partial charge in [0.1, 0.15) is 17.7 Å². The van der Waals surface area contributed by atoms with E-state index in [0.29, 0.717) is 11.0 Å². The van der Waals surface area contributed by atoms with Gasteiger partial charge < -0.3 is 0 Å². The number of aryl methyl sites for hydroxylation is 1. The van der Waals surface area contributed by atoms with Gasteiger partial charge in [0.2, 0.25) is 0 Å². The summed E-state index contributed by atoms with van der Waals surface area (Å²) in [7, 11) is 0. The van der Waals surface area contributed by atoms with Crippen LogP contribution in [0.15, 0.2) is 17.3 Å². The fourth-order valence-electron chi connectivity index (χ4n) is 1.83. The van der Waals surface area contributed by atoms with Gasteiger partial charge in [0.25, 0.3) is 5.56 Å². The van der Waals surface area contributed by atoms with Gasteiger partial charge in [-0.1, -0.05) is 0 Å². The fourth-order valence-corrected chi connectivity index (χ4v) is 1.83. The summed E-state index contributed by atoms with van der Waals surface area (Å²) in [6.45, 7) is 0.765. The lowest BCUT2D eigenvalue weighted by molar-refractivity contribution is 0.717. The van der Waals surface area contributed by atoms with E-state index in [9.17, 15) is 4.79 Å². The predicted octanol–water partition coefficient (Wildman–Crippen LogP) is 0.133. The summed E-state index contributed by atoms with van der Waals surface area (Å²) in [5.74, 6) is 0.859. The van der Waals surface area contributed by atoms with Crippen LogP contribution >= 0.6 is 0 Å². The van der Waals surface area contributed by atoms with Crippen LogP contribution in [0, 0.1) is 0 Å². The van der Waals surface area contributed by atoms with Crippen LogP contribution in [0.5, 0.6) is 0 Å². The molecule has 5 heteroatoms. The van der Waals surface area contributed by atoms with Gasteiger partial charge in [0.15, 0.2) is 5.52 Å². The largest absolute Gasteiger partial charge is 0.295 e. The summed E-state index contributed by atoms with van der Waals surface area (Å²) in [6, 6.07) is 0. The number of fused-ring (bicyclic) bond motifs is 2. The first-order valence-electron chi connectivity index (χ1n) is 4.56. The smallest absolute Gasteiger partial charge is 0.280 e. The molecule has 0 radical (unpaired) electrons. The van der Waals surface area contributed by atoms with E-state index >= 15 is 0 Å². The van der Waals surface area contributed by atoms with Gasteiger partial charge in [0.05, 0.1) is 6.20 Å². The van der Waals surface area contributed by atoms with Crippen molar-refractivity contribution in [2.45, 2.75) is 19.4 Å². The van der Waals surface area contributed by atoms with Crippen molar-refractivity contribution in [2.24, 2.45) is 0 Å². The third kappa shape index (κ3) is 0.891. The van der Waals surface area contributed by atoms with Crippen LogP contribution in [0.4, 0.5) is 0 Å². The van der Waals surface area contributed by atoms with Crippen molar-refractivity contribution in [2.75, 3.05) is 0 Å². The molecule has 0 atom stereocenters. The lowest BCUT2D eigenvalue weighted by Gasteiger charge is -2.02. The minimum absolute atomic E-state index is 0.0371. The second-order valence-electron chi connectivity index (χ2n) is 3.34. The number of hydrogen-bond acceptors (Lipinski definition) is 4. The van der Waals surface area contributed by atoms with Gasteiger partial charge in [-0.15, -0.1) is 0 Å². The summed E-state index contributed by atoms with van der Waals surface area (Å²) in [4.78, 5) is 24.0. The molecule has 0 spiro atoms. The highest BCUT2D eigenvalue weighted by atomic mass is 16.1. The van der Waals surface area contributed by atoms with Crippen LogP contribution in [0.3, 0.4) is 0 Å². The Bertz CT molecular complexity index is 560. The van der Waals surface area contributed by atoms with Crippen LogP contribution in [-0.2, 0) is 13.0 Å². The van der Waals surface area contributed by atoms with Crippen LogP contribution in [0.25, 0.3) is 11.0 Å². The summed E-state index contributed by atoms with van der Waals surface area (Å²) in [5, 5.41) is 0. The topological polar surface area (TPSA) is 60.7 Å². The van der Waals surface area contributed by atoms with E-state index in [1.165, 1.54) is 6.33 Å². The molecular weight excluding hydrogens is 180 g/mol. The average Bonchev–Trinajstić information content (AvgIpc) is 2.66. The first kappa shape index (κ1) is 7.61. The van der Waals surface area contributed by atoms with Crippen LogP contribution < -0.4 is 5.56 Å². The average molecular weight is 188 g/mol. The second-order valence-corrected chi connectivity index (χ2v) is 3.34. The molecule has 70 valence electrons.